The van der Waals surface area contributed by atoms with Gasteiger partial charge >= 0.3 is 0 Å². The maximum Gasteiger partial charge on any atom is 0.271 e. The molecule has 146 valence electrons. The van der Waals surface area contributed by atoms with Gasteiger partial charge in [0.15, 0.2) is 0 Å². The average Bonchev–Trinajstić information content (AvgIpc) is 3.35. The number of hydrogen-bond donors (Lipinski definition) is 2. The fraction of sp³-hybridized carbons (Fsp3) is 0.350. The Labute approximate surface area is 161 Å². The second-order valence-electron chi connectivity index (χ2n) is 7.35. The first-order valence-corrected chi connectivity index (χ1v) is 9.12. The Morgan fingerprint density at radius 1 is 1.29 bits per heavy atom. The third-order valence-corrected chi connectivity index (χ3v) is 5.49. The van der Waals surface area contributed by atoms with E-state index in [1.165, 1.54) is 12.1 Å². The zero-order valence-corrected chi connectivity index (χ0v) is 16.0. The molecule has 7 nitrogen and oxygen atoms in total. The van der Waals surface area contributed by atoms with E-state index in [1.54, 1.807) is 27.8 Å². The molecule has 3 aromatic rings. The first kappa shape index (κ1) is 18.4. The first-order chi connectivity index (χ1) is 13.3. The highest BCUT2D eigenvalue weighted by molar-refractivity contribution is 5.93. The van der Waals surface area contributed by atoms with Gasteiger partial charge in [0.2, 0.25) is 0 Å². The zero-order chi connectivity index (χ0) is 20.1. The second-order valence-corrected chi connectivity index (χ2v) is 7.35. The van der Waals surface area contributed by atoms with Crippen molar-refractivity contribution in [3.8, 4) is 11.3 Å². The molecule has 0 radical (unpaired) electrons. The average molecular weight is 383 g/mol. The van der Waals surface area contributed by atoms with Crippen LogP contribution in [0.2, 0.25) is 0 Å². The number of nitrogens with zero attached hydrogens (tertiary/aromatic N) is 4. The molecule has 1 aromatic carbocycles. The molecule has 1 aliphatic heterocycles. The third kappa shape index (κ3) is 2.99. The number of carbonyl (C=O) groups is 1. The molecule has 1 saturated heterocycles. The Morgan fingerprint density at radius 3 is 2.64 bits per heavy atom. The Bertz CT molecular complexity index is 1040. The molecule has 4 rings (SSSR count). The number of rotatable bonds is 3. The van der Waals surface area contributed by atoms with Crippen LogP contribution in [0, 0.1) is 19.7 Å². The van der Waals surface area contributed by atoms with Crippen molar-refractivity contribution >= 4 is 5.91 Å². The van der Waals surface area contributed by atoms with Crippen molar-refractivity contribution in [1.29, 1.82) is 0 Å². The smallest absolute Gasteiger partial charge is 0.271 e. The number of likely N-dealkylation sites (tertiary alicyclic amines) is 1. The summed E-state index contributed by atoms with van der Waals surface area (Å²) in [7, 11) is 1.87. The van der Waals surface area contributed by atoms with Crippen molar-refractivity contribution in [3.05, 3.63) is 58.8 Å². The number of β-amino-alcohol motifs (C(OH)–C–C–N with tert-alkyl or cyclic N) is 1. The number of aromatic amines is 1. The molecule has 0 bridgehead atoms. The largest absolute Gasteiger partial charge is 0.383 e. The number of H-pyrrole nitrogens is 1. The molecule has 0 spiro atoms. The van der Waals surface area contributed by atoms with Crippen LogP contribution >= 0.6 is 0 Å². The molecule has 2 N–H and O–H groups in total. The van der Waals surface area contributed by atoms with Gasteiger partial charge in [0, 0.05) is 24.8 Å². The normalized spacial score (nSPS) is 19.4. The van der Waals surface area contributed by atoms with E-state index in [0.29, 0.717) is 29.9 Å². The van der Waals surface area contributed by atoms with Crippen LogP contribution in [0.25, 0.3) is 11.3 Å². The molecule has 3 heterocycles. The molecule has 1 aliphatic rings. The molecule has 1 unspecified atom stereocenters. The number of amides is 1. The number of aromatic nitrogens is 4. The van der Waals surface area contributed by atoms with E-state index in [2.05, 4.69) is 15.3 Å². The molecule has 0 aliphatic carbocycles. The van der Waals surface area contributed by atoms with E-state index in [-0.39, 0.29) is 18.3 Å². The summed E-state index contributed by atoms with van der Waals surface area (Å²) >= 11 is 0. The second kappa shape index (κ2) is 6.56. The Hall–Kier alpha value is -3.00. The van der Waals surface area contributed by atoms with E-state index in [0.717, 1.165) is 17.0 Å². The van der Waals surface area contributed by atoms with E-state index < -0.39 is 5.60 Å². The third-order valence-electron chi connectivity index (χ3n) is 5.49. The first-order valence-electron chi connectivity index (χ1n) is 9.12. The van der Waals surface area contributed by atoms with Gasteiger partial charge in [-0.1, -0.05) is 12.1 Å². The quantitative estimate of drug-likeness (QED) is 0.727. The van der Waals surface area contributed by atoms with Gasteiger partial charge in [-0.3, -0.25) is 14.6 Å². The number of nitrogens with one attached hydrogen (secondary N) is 1. The van der Waals surface area contributed by atoms with Gasteiger partial charge in [0.1, 0.15) is 17.1 Å². The van der Waals surface area contributed by atoms with Crippen LogP contribution in [0.3, 0.4) is 0 Å². The van der Waals surface area contributed by atoms with E-state index in [4.69, 9.17) is 0 Å². The summed E-state index contributed by atoms with van der Waals surface area (Å²) < 4.78 is 14.9. The Morgan fingerprint density at radius 2 is 2.00 bits per heavy atom. The van der Waals surface area contributed by atoms with Crippen molar-refractivity contribution in [2.75, 3.05) is 13.1 Å². The van der Waals surface area contributed by atoms with Gasteiger partial charge in [0.25, 0.3) is 5.91 Å². The van der Waals surface area contributed by atoms with Gasteiger partial charge < -0.3 is 10.0 Å². The molecule has 2 aromatic heterocycles. The van der Waals surface area contributed by atoms with Crippen LogP contribution in [0.1, 0.15) is 33.9 Å². The van der Waals surface area contributed by atoms with Crippen molar-refractivity contribution in [2.24, 2.45) is 7.05 Å². The lowest BCUT2D eigenvalue weighted by Crippen LogP contribution is -2.34. The molecule has 1 amide bonds. The number of carbonyl (C=O) groups excluding carboxylic acids is 1. The molecular formula is C20H22FN5O2. The maximum atomic E-state index is 13.2. The lowest BCUT2D eigenvalue weighted by molar-refractivity contribution is 0.0415. The van der Waals surface area contributed by atoms with E-state index in [9.17, 15) is 14.3 Å². The SMILES string of the molecule is Cc1nn(C)c(C)c1-c1cc(C(=O)N2CCC(O)(c3ccc(F)cc3)C2)[nH]n1. The summed E-state index contributed by atoms with van der Waals surface area (Å²) in [6.07, 6.45) is 0.395. The molecule has 8 heteroatoms. The fourth-order valence-corrected chi connectivity index (χ4v) is 3.84. The summed E-state index contributed by atoms with van der Waals surface area (Å²) in [6, 6.07) is 7.47. The number of halogens is 1. The maximum absolute atomic E-state index is 13.2. The lowest BCUT2D eigenvalue weighted by Gasteiger charge is -2.23. The van der Waals surface area contributed by atoms with Crippen LogP contribution in [-0.4, -0.2) is 49.0 Å². The highest BCUT2D eigenvalue weighted by atomic mass is 19.1. The van der Waals surface area contributed by atoms with Crippen LogP contribution in [-0.2, 0) is 12.6 Å². The standard InChI is InChI=1S/C20H22FN5O2/c1-12-18(13(2)25(3)24-12)16-10-17(23-22-16)19(27)26-9-8-20(28,11-26)14-4-6-15(21)7-5-14/h4-7,10,28H,8-9,11H2,1-3H3,(H,22,23). The predicted molar refractivity (Wildman–Crippen MR) is 101 cm³/mol. The topological polar surface area (TPSA) is 87.0 Å². The van der Waals surface area contributed by atoms with Crippen molar-refractivity contribution in [1.82, 2.24) is 24.9 Å². The van der Waals surface area contributed by atoms with Crippen molar-refractivity contribution < 1.29 is 14.3 Å². The molecule has 1 fully saturated rings. The summed E-state index contributed by atoms with van der Waals surface area (Å²) in [6.45, 7) is 4.42. The highest BCUT2D eigenvalue weighted by Gasteiger charge is 2.40. The summed E-state index contributed by atoms with van der Waals surface area (Å²) in [5.41, 5.74) is 3.17. The van der Waals surface area contributed by atoms with E-state index >= 15 is 0 Å². The number of benzene rings is 1. The van der Waals surface area contributed by atoms with Crippen LogP contribution in [0.15, 0.2) is 30.3 Å². The number of hydrogen-bond acceptors (Lipinski definition) is 4. The minimum atomic E-state index is -1.18. The predicted octanol–water partition coefficient (Wildman–Crippen LogP) is 2.30. The van der Waals surface area contributed by atoms with Crippen LogP contribution in [0.4, 0.5) is 4.39 Å². The van der Waals surface area contributed by atoms with Gasteiger partial charge in [-0.2, -0.15) is 10.2 Å². The number of aliphatic hydroxyl groups is 1. The molecule has 28 heavy (non-hydrogen) atoms. The zero-order valence-electron chi connectivity index (χ0n) is 16.0. The molecular weight excluding hydrogens is 361 g/mol. The number of aryl methyl sites for hydroxylation is 2. The summed E-state index contributed by atoms with van der Waals surface area (Å²) in [5.74, 6) is -0.583. The Kier molecular flexibility index (Phi) is 4.30. The van der Waals surface area contributed by atoms with Crippen molar-refractivity contribution in [3.63, 3.8) is 0 Å². The van der Waals surface area contributed by atoms with Gasteiger partial charge in [-0.05, 0) is 44.0 Å². The van der Waals surface area contributed by atoms with Crippen LogP contribution < -0.4 is 0 Å². The Balaban J connectivity index is 1.55. The molecule has 1 atom stereocenters. The minimum absolute atomic E-state index is 0.150. The molecule has 0 saturated carbocycles. The van der Waals surface area contributed by atoms with E-state index in [1.807, 2.05) is 20.9 Å². The monoisotopic (exact) mass is 383 g/mol. The summed E-state index contributed by atoms with van der Waals surface area (Å²) in [5, 5.41) is 22.4. The van der Waals surface area contributed by atoms with Gasteiger partial charge in [0.05, 0.1) is 17.9 Å². The fourth-order valence-electron chi connectivity index (χ4n) is 3.84. The van der Waals surface area contributed by atoms with Gasteiger partial charge in [-0.15, -0.1) is 0 Å². The highest BCUT2D eigenvalue weighted by Crippen LogP contribution is 2.33. The minimum Gasteiger partial charge on any atom is -0.383 e. The summed E-state index contributed by atoms with van der Waals surface area (Å²) in [4.78, 5) is 14.5. The van der Waals surface area contributed by atoms with Crippen molar-refractivity contribution in [2.45, 2.75) is 25.9 Å². The van der Waals surface area contributed by atoms with Crippen LogP contribution in [0.5, 0.6) is 0 Å². The lowest BCUT2D eigenvalue weighted by atomic mass is 9.93. The van der Waals surface area contributed by atoms with Gasteiger partial charge in [-0.25, -0.2) is 4.39 Å².